The largest absolute Gasteiger partial charge is 0.348 e. The number of rotatable bonds is 5. The van der Waals surface area contributed by atoms with Crippen LogP contribution in [0.2, 0.25) is 0 Å². The predicted molar refractivity (Wildman–Crippen MR) is 90.8 cm³/mol. The van der Waals surface area contributed by atoms with E-state index in [4.69, 9.17) is 0 Å². The highest BCUT2D eigenvalue weighted by atomic mass is 19.1. The molecule has 0 radical (unpaired) electrons. The molecule has 0 aliphatic heterocycles. The number of hydrogen-bond acceptors (Lipinski definition) is 2. The SMILES string of the molecule is O=C(/C=C/c1cccc(F)c1)NCc1ccc(-n2ccnc2)c(F)c1. The molecule has 1 heterocycles. The Morgan fingerprint density at radius 1 is 1.20 bits per heavy atom. The first-order valence-electron chi connectivity index (χ1n) is 7.60. The van der Waals surface area contributed by atoms with Gasteiger partial charge in [0.25, 0.3) is 0 Å². The number of hydrogen-bond donors (Lipinski definition) is 1. The molecular formula is C19H15F2N3O. The van der Waals surface area contributed by atoms with E-state index >= 15 is 0 Å². The summed E-state index contributed by atoms with van der Waals surface area (Å²) in [5, 5.41) is 2.66. The lowest BCUT2D eigenvalue weighted by molar-refractivity contribution is -0.116. The van der Waals surface area contributed by atoms with Crippen LogP contribution in [-0.4, -0.2) is 15.5 Å². The second kappa shape index (κ2) is 7.53. The van der Waals surface area contributed by atoms with Crippen molar-refractivity contribution in [3.63, 3.8) is 0 Å². The summed E-state index contributed by atoms with van der Waals surface area (Å²) in [4.78, 5) is 15.7. The minimum atomic E-state index is -0.403. The van der Waals surface area contributed by atoms with Gasteiger partial charge in [0, 0.05) is 25.0 Å². The van der Waals surface area contributed by atoms with E-state index in [2.05, 4.69) is 10.3 Å². The van der Waals surface area contributed by atoms with Crippen molar-refractivity contribution in [1.82, 2.24) is 14.9 Å². The molecule has 0 aliphatic carbocycles. The molecule has 0 aliphatic rings. The van der Waals surface area contributed by atoms with Crippen LogP contribution in [0, 0.1) is 11.6 Å². The highest BCUT2D eigenvalue weighted by molar-refractivity contribution is 5.91. The lowest BCUT2D eigenvalue weighted by atomic mass is 10.2. The van der Waals surface area contributed by atoms with Gasteiger partial charge in [-0.3, -0.25) is 4.79 Å². The van der Waals surface area contributed by atoms with Crippen LogP contribution in [0.1, 0.15) is 11.1 Å². The van der Waals surface area contributed by atoms with Crippen molar-refractivity contribution in [2.24, 2.45) is 0 Å². The average molecular weight is 339 g/mol. The standard InChI is InChI=1S/C19H15F2N3O/c20-16-3-1-2-14(10-16)5-7-19(25)23-12-15-4-6-18(17(21)11-15)24-9-8-22-13-24/h1-11,13H,12H2,(H,23,25)/b7-5+. The summed E-state index contributed by atoms with van der Waals surface area (Å²) in [7, 11) is 0. The van der Waals surface area contributed by atoms with Gasteiger partial charge in [0.1, 0.15) is 11.6 Å². The summed E-state index contributed by atoms with van der Waals surface area (Å²) >= 11 is 0. The fourth-order valence-electron chi connectivity index (χ4n) is 2.30. The first-order chi connectivity index (χ1) is 12.1. The Morgan fingerprint density at radius 2 is 2.08 bits per heavy atom. The molecular weight excluding hydrogens is 324 g/mol. The molecule has 3 aromatic rings. The van der Waals surface area contributed by atoms with Gasteiger partial charge in [-0.25, -0.2) is 13.8 Å². The van der Waals surface area contributed by atoms with Crippen molar-refractivity contribution in [2.45, 2.75) is 6.54 Å². The van der Waals surface area contributed by atoms with Gasteiger partial charge in [-0.2, -0.15) is 0 Å². The third kappa shape index (κ3) is 4.38. The van der Waals surface area contributed by atoms with Crippen LogP contribution in [0.15, 0.2) is 67.3 Å². The van der Waals surface area contributed by atoms with E-state index in [0.29, 0.717) is 16.8 Å². The first kappa shape index (κ1) is 16.6. The second-order valence-corrected chi connectivity index (χ2v) is 5.36. The van der Waals surface area contributed by atoms with Crippen molar-refractivity contribution < 1.29 is 13.6 Å². The van der Waals surface area contributed by atoms with Crippen LogP contribution < -0.4 is 5.32 Å². The van der Waals surface area contributed by atoms with Crippen molar-refractivity contribution in [2.75, 3.05) is 0 Å². The molecule has 1 N–H and O–H groups in total. The molecule has 0 saturated carbocycles. The Kier molecular flexibility index (Phi) is 4.99. The van der Waals surface area contributed by atoms with Crippen LogP contribution in [-0.2, 0) is 11.3 Å². The lowest BCUT2D eigenvalue weighted by Gasteiger charge is -2.07. The minimum Gasteiger partial charge on any atom is -0.348 e. The second-order valence-electron chi connectivity index (χ2n) is 5.36. The number of nitrogens with one attached hydrogen (secondary N) is 1. The molecule has 126 valence electrons. The zero-order valence-electron chi connectivity index (χ0n) is 13.2. The summed E-state index contributed by atoms with van der Waals surface area (Å²) in [5.74, 6) is -1.11. The van der Waals surface area contributed by atoms with E-state index in [1.165, 1.54) is 36.7 Å². The molecule has 6 heteroatoms. The quantitative estimate of drug-likeness (QED) is 0.724. The smallest absolute Gasteiger partial charge is 0.244 e. The summed E-state index contributed by atoms with van der Waals surface area (Å²) in [6.07, 6.45) is 7.55. The van der Waals surface area contributed by atoms with Crippen LogP contribution in [0.4, 0.5) is 8.78 Å². The van der Waals surface area contributed by atoms with E-state index in [9.17, 15) is 13.6 Å². The summed E-state index contributed by atoms with van der Waals surface area (Å²) in [5.41, 5.74) is 1.61. The number of carbonyl (C=O) groups is 1. The van der Waals surface area contributed by atoms with Crippen LogP contribution in [0.25, 0.3) is 11.8 Å². The normalized spacial score (nSPS) is 11.0. The molecule has 0 atom stereocenters. The maximum Gasteiger partial charge on any atom is 0.244 e. The maximum absolute atomic E-state index is 14.1. The number of imidazole rings is 1. The number of nitrogens with zero attached hydrogens (tertiary/aromatic N) is 2. The Morgan fingerprint density at radius 3 is 2.80 bits per heavy atom. The number of benzene rings is 2. The van der Waals surface area contributed by atoms with Gasteiger partial charge >= 0.3 is 0 Å². The molecule has 0 fully saturated rings. The third-order valence-electron chi connectivity index (χ3n) is 3.54. The fourth-order valence-corrected chi connectivity index (χ4v) is 2.30. The first-order valence-corrected chi connectivity index (χ1v) is 7.60. The van der Waals surface area contributed by atoms with Crippen LogP contribution in [0.3, 0.4) is 0 Å². The molecule has 2 aromatic carbocycles. The van der Waals surface area contributed by atoms with E-state index in [1.54, 1.807) is 41.2 Å². The van der Waals surface area contributed by atoms with Crippen LogP contribution in [0.5, 0.6) is 0 Å². The van der Waals surface area contributed by atoms with Gasteiger partial charge in [-0.1, -0.05) is 18.2 Å². The Hall–Kier alpha value is -3.28. The molecule has 4 nitrogen and oxygen atoms in total. The van der Waals surface area contributed by atoms with E-state index in [1.807, 2.05) is 0 Å². The Bertz CT molecular complexity index is 905. The van der Waals surface area contributed by atoms with Gasteiger partial charge in [0.2, 0.25) is 5.91 Å². The number of aromatic nitrogens is 2. The maximum atomic E-state index is 14.1. The number of amides is 1. The topological polar surface area (TPSA) is 46.9 Å². The molecule has 0 saturated heterocycles. The van der Waals surface area contributed by atoms with E-state index in [0.717, 1.165) is 0 Å². The average Bonchev–Trinajstić information content (AvgIpc) is 3.12. The van der Waals surface area contributed by atoms with Gasteiger partial charge in [-0.15, -0.1) is 0 Å². The third-order valence-corrected chi connectivity index (χ3v) is 3.54. The van der Waals surface area contributed by atoms with Crippen molar-refractivity contribution in [1.29, 1.82) is 0 Å². The van der Waals surface area contributed by atoms with E-state index < -0.39 is 5.82 Å². The Balaban J connectivity index is 1.60. The zero-order valence-corrected chi connectivity index (χ0v) is 13.2. The molecule has 1 aromatic heterocycles. The van der Waals surface area contributed by atoms with Gasteiger partial charge < -0.3 is 9.88 Å². The van der Waals surface area contributed by atoms with Crippen molar-refractivity contribution in [3.8, 4) is 5.69 Å². The van der Waals surface area contributed by atoms with Gasteiger partial charge in [0.05, 0.1) is 12.0 Å². The summed E-state index contributed by atoms with van der Waals surface area (Å²) in [6, 6.07) is 10.6. The Labute approximate surface area is 143 Å². The zero-order chi connectivity index (χ0) is 17.6. The monoisotopic (exact) mass is 339 g/mol. The van der Waals surface area contributed by atoms with Crippen molar-refractivity contribution in [3.05, 3.63) is 90.0 Å². The molecule has 0 unspecified atom stereocenters. The van der Waals surface area contributed by atoms with E-state index in [-0.39, 0.29) is 18.3 Å². The highest BCUT2D eigenvalue weighted by Crippen LogP contribution is 2.15. The fraction of sp³-hybridized carbons (Fsp3) is 0.0526. The number of carbonyl (C=O) groups excluding carboxylic acids is 1. The predicted octanol–water partition coefficient (Wildman–Crippen LogP) is 3.48. The summed E-state index contributed by atoms with van der Waals surface area (Å²) in [6.45, 7) is 0.188. The van der Waals surface area contributed by atoms with Gasteiger partial charge in [0.15, 0.2) is 0 Å². The highest BCUT2D eigenvalue weighted by Gasteiger charge is 2.06. The lowest BCUT2D eigenvalue weighted by Crippen LogP contribution is -2.20. The minimum absolute atomic E-state index is 0.188. The molecule has 3 rings (SSSR count). The molecule has 0 bridgehead atoms. The van der Waals surface area contributed by atoms with Gasteiger partial charge in [-0.05, 0) is 41.5 Å². The molecule has 25 heavy (non-hydrogen) atoms. The summed E-state index contributed by atoms with van der Waals surface area (Å²) < 4.78 is 28.8. The van der Waals surface area contributed by atoms with Crippen LogP contribution >= 0.6 is 0 Å². The molecule has 0 spiro atoms. The molecule has 1 amide bonds. The number of halogens is 2. The van der Waals surface area contributed by atoms with Crippen molar-refractivity contribution >= 4 is 12.0 Å².